The molecule has 2 aromatic carbocycles. The van der Waals surface area contributed by atoms with Crippen LogP contribution in [0.4, 0.5) is 0 Å². The zero-order valence-corrected chi connectivity index (χ0v) is 21.6. The van der Waals surface area contributed by atoms with Crippen molar-refractivity contribution in [2.75, 3.05) is 0 Å². The van der Waals surface area contributed by atoms with E-state index >= 15 is 0 Å². The van der Waals surface area contributed by atoms with Gasteiger partial charge in [-0.3, -0.25) is 0 Å². The second-order valence-electron chi connectivity index (χ2n) is 9.97. The Kier molecular flexibility index (Phi) is 7.03. The predicted octanol–water partition coefficient (Wildman–Crippen LogP) is 7.21. The fourth-order valence-electron chi connectivity index (χ4n) is 3.07. The van der Waals surface area contributed by atoms with Crippen molar-refractivity contribution in [1.82, 2.24) is 0 Å². The van der Waals surface area contributed by atoms with Crippen molar-refractivity contribution in [1.29, 1.82) is 0 Å². The highest BCUT2D eigenvalue weighted by molar-refractivity contribution is 6.83. The summed E-state index contributed by atoms with van der Waals surface area (Å²) in [4.78, 5) is 0. The third-order valence-electron chi connectivity index (χ3n) is 4.55. The maximum atomic E-state index is 6.50. The minimum absolute atomic E-state index is 0.0276. The normalized spacial score (nSPS) is 11.8. The van der Waals surface area contributed by atoms with Crippen molar-refractivity contribution in [2.45, 2.75) is 65.8 Å². The van der Waals surface area contributed by atoms with E-state index in [0.29, 0.717) is 0 Å². The molecule has 0 saturated heterocycles. The Morgan fingerprint density at radius 3 is 2.07 bits per heavy atom. The Hall–Kier alpha value is -2.03. The molecule has 0 spiro atoms. The minimum atomic E-state index is -1.50. The first-order valence-electron chi connectivity index (χ1n) is 10.2. The van der Waals surface area contributed by atoms with Crippen LogP contribution < -0.4 is 4.43 Å². The van der Waals surface area contributed by atoms with Crippen LogP contribution in [0.25, 0.3) is 5.57 Å². The van der Waals surface area contributed by atoms with Crippen molar-refractivity contribution >= 4 is 22.7 Å². The van der Waals surface area contributed by atoms with Gasteiger partial charge in [0.05, 0.1) is 5.56 Å². The first-order chi connectivity index (χ1) is 13.3. The Balaban J connectivity index is 2.82. The average molecular weight is 420 g/mol. The molecule has 1 nitrogen and oxygen atoms in total. The molecule has 0 atom stereocenters. The van der Waals surface area contributed by atoms with Crippen LogP contribution in [0, 0.1) is 18.4 Å². The number of hydrogen-bond donors (Lipinski definition) is 0. The second kappa shape index (κ2) is 8.77. The standard InChI is InChI=1S/C26H35OSi2/c1-19-11-13-21(14-12-19)20(2)24-23(26(3,4)5)16-15-22(17-18-29(8,9)10)25(24)27-28(6)7/h11-16H,2H2,1,3-10H3. The van der Waals surface area contributed by atoms with Crippen LogP contribution in [0.15, 0.2) is 43.0 Å². The average Bonchev–Trinajstić information content (AvgIpc) is 2.58. The SMILES string of the molecule is C=C(c1ccc(C)cc1)c1c(C(C)(C)C)ccc(C#C[Si](C)(C)C)c1O[Si](C)C. The molecule has 0 aliphatic rings. The van der Waals surface area contributed by atoms with Crippen molar-refractivity contribution in [2.24, 2.45) is 0 Å². The summed E-state index contributed by atoms with van der Waals surface area (Å²) >= 11 is 0. The molecule has 0 amide bonds. The van der Waals surface area contributed by atoms with E-state index in [1.807, 2.05) is 0 Å². The van der Waals surface area contributed by atoms with Crippen LogP contribution >= 0.6 is 0 Å². The maximum Gasteiger partial charge on any atom is 0.274 e. The molecule has 3 heteroatoms. The molecule has 0 bridgehead atoms. The molecule has 2 rings (SSSR count). The van der Waals surface area contributed by atoms with Crippen LogP contribution in [0.1, 0.15) is 48.6 Å². The lowest BCUT2D eigenvalue weighted by Gasteiger charge is -2.28. The molecule has 153 valence electrons. The summed E-state index contributed by atoms with van der Waals surface area (Å²) in [7, 11) is -2.46. The lowest BCUT2D eigenvalue weighted by molar-refractivity contribution is 0.556. The van der Waals surface area contributed by atoms with E-state index in [0.717, 1.165) is 28.0 Å². The zero-order chi connectivity index (χ0) is 22.0. The highest BCUT2D eigenvalue weighted by atomic mass is 28.3. The monoisotopic (exact) mass is 419 g/mol. The molecule has 0 fully saturated rings. The summed E-state index contributed by atoms with van der Waals surface area (Å²) in [5.41, 5.74) is 10.2. The molecule has 0 aliphatic heterocycles. The summed E-state index contributed by atoms with van der Waals surface area (Å²) in [6.45, 7) is 24.5. The van der Waals surface area contributed by atoms with E-state index < -0.39 is 17.1 Å². The van der Waals surface area contributed by atoms with Crippen LogP contribution in [0.2, 0.25) is 32.7 Å². The number of benzene rings is 2. The van der Waals surface area contributed by atoms with E-state index in [2.05, 4.69) is 115 Å². The van der Waals surface area contributed by atoms with Crippen LogP contribution in [0.5, 0.6) is 5.75 Å². The van der Waals surface area contributed by atoms with E-state index in [9.17, 15) is 0 Å². The van der Waals surface area contributed by atoms with Crippen molar-refractivity contribution in [3.63, 3.8) is 0 Å². The molecule has 0 aromatic heterocycles. The van der Waals surface area contributed by atoms with Crippen LogP contribution in [-0.4, -0.2) is 17.1 Å². The summed E-state index contributed by atoms with van der Waals surface area (Å²) in [6, 6.07) is 12.9. The molecule has 2 aromatic rings. The van der Waals surface area contributed by atoms with Gasteiger partial charge in [-0.1, -0.05) is 88.8 Å². The van der Waals surface area contributed by atoms with Gasteiger partial charge in [-0.2, -0.15) is 0 Å². The molecule has 0 heterocycles. The molecular weight excluding hydrogens is 384 g/mol. The van der Waals surface area contributed by atoms with Gasteiger partial charge in [0.1, 0.15) is 13.8 Å². The number of hydrogen-bond acceptors (Lipinski definition) is 1. The first-order valence-corrected chi connectivity index (χ1v) is 16.2. The van der Waals surface area contributed by atoms with Gasteiger partial charge < -0.3 is 4.43 Å². The first kappa shape index (κ1) is 23.3. The van der Waals surface area contributed by atoms with Gasteiger partial charge in [0.15, 0.2) is 0 Å². The Labute approximate surface area is 181 Å². The Bertz CT molecular complexity index is 944. The minimum Gasteiger partial charge on any atom is -0.541 e. The highest BCUT2D eigenvalue weighted by Crippen LogP contribution is 2.41. The van der Waals surface area contributed by atoms with Crippen molar-refractivity contribution < 1.29 is 4.43 Å². The van der Waals surface area contributed by atoms with E-state index in [1.54, 1.807) is 0 Å². The van der Waals surface area contributed by atoms with E-state index in [4.69, 9.17) is 4.43 Å². The lowest BCUT2D eigenvalue weighted by atomic mass is 9.79. The molecule has 0 N–H and O–H groups in total. The molecular formula is C26H35OSi2. The van der Waals surface area contributed by atoms with Gasteiger partial charge in [0.2, 0.25) is 0 Å². The third kappa shape index (κ3) is 6.22. The summed E-state index contributed by atoms with van der Waals surface area (Å²) in [6.07, 6.45) is 0. The summed E-state index contributed by atoms with van der Waals surface area (Å²) in [5, 5.41) is 0. The quantitative estimate of drug-likeness (QED) is 0.376. The van der Waals surface area contributed by atoms with E-state index in [-0.39, 0.29) is 5.41 Å². The van der Waals surface area contributed by atoms with Gasteiger partial charge in [0, 0.05) is 5.56 Å². The summed E-state index contributed by atoms with van der Waals surface area (Å²) in [5.74, 6) is 4.36. The topological polar surface area (TPSA) is 9.23 Å². The third-order valence-corrected chi connectivity index (χ3v) is 6.03. The zero-order valence-electron chi connectivity index (χ0n) is 19.6. The van der Waals surface area contributed by atoms with E-state index in [1.165, 1.54) is 11.1 Å². The fourth-order valence-corrected chi connectivity index (χ4v) is 4.20. The second-order valence-corrected chi connectivity index (χ2v) is 16.7. The molecule has 29 heavy (non-hydrogen) atoms. The lowest BCUT2D eigenvalue weighted by Crippen LogP contribution is -2.19. The highest BCUT2D eigenvalue weighted by Gasteiger charge is 2.26. The van der Waals surface area contributed by atoms with Crippen molar-refractivity contribution in [3.8, 4) is 17.2 Å². The van der Waals surface area contributed by atoms with Gasteiger partial charge in [-0.05, 0) is 48.2 Å². The summed E-state index contributed by atoms with van der Waals surface area (Å²) < 4.78 is 6.50. The number of aryl methyl sites for hydroxylation is 1. The Morgan fingerprint density at radius 2 is 1.59 bits per heavy atom. The molecule has 1 radical (unpaired) electrons. The van der Waals surface area contributed by atoms with Crippen LogP contribution in [0.3, 0.4) is 0 Å². The molecule has 0 saturated carbocycles. The fraction of sp³-hybridized carbons (Fsp3) is 0.385. The predicted molar refractivity (Wildman–Crippen MR) is 133 cm³/mol. The molecule has 0 aliphatic carbocycles. The maximum absolute atomic E-state index is 6.50. The van der Waals surface area contributed by atoms with Gasteiger partial charge >= 0.3 is 0 Å². The number of rotatable bonds is 4. The Morgan fingerprint density at radius 1 is 1.00 bits per heavy atom. The van der Waals surface area contributed by atoms with Crippen LogP contribution in [-0.2, 0) is 5.41 Å². The van der Waals surface area contributed by atoms with Gasteiger partial charge in [-0.25, -0.2) is 0 Å². The largest absolute Gasteiger partial charge is 0.541 e. The van der Waals surface area contributed by atoms with Gasteiger partial charge in [-0.15, -0.1) is 5.54 Å². The smallest absolute Gasteiger partial charge is 0.274 e. The molecule has 0 unspecified atom stereocenters. The van der Waals surface area contributed by atoms with Gasteiger partial charge in [0.25, 0.3) is 9.04 Å². The van der Waals surface area contributed by atoms with Crippen molar-refractivity contribution in [3.05, 3.63) is 70.8 Å².